The van der Waals surface area contributed by atoms with Gasteiger partial charge in [0.1, 0.15) is 10.1 Å². The Morgan fingerprint density at radius 2 is 1.20 bits per heavy atom. The van der Waals surface area contributed by atoms with E-state index in [0.717, 1.165) is 51.4 Å². The predicted molar refractivity (Wildman–Crippen MR) is 142 cm³/mol. The molecule has 0 saturated carbocycles. The van der Waals surface area contributed by atoms with Gasteiger partial charge in [0.2, 0.25) is 0 Å². The van der Waals surface area contributed by atoms with Crippen LogP contribution in [0.5, 0.6) is 0 Å². The monoisotopic (exact) mass is 642 g/mol. The van der Waals surface area contributed by atoms with Crippen LogP contribution in [0, 0.1) is 11.8 Å². The molecule has 0 aliphatic heterocycles. The Kier molecular flexibility index (Phi) is 25.0. The third-order valence-electron chi connectivity index (χ3n) is 5.99. The first kappa shape index (κ1) is 44.1. The van der Waals surface area contributed by atoms with E-state index in [0.29, 0.717) is 0 Å². The average molecular weight is 643 g/mol. The van der Waals surface area contributed by atoms with Crippen LogP contribution in [0.3, 0.4) is 0 Å². The predicted octanol–water partition coefficient (Wildman–Crippen LogP) is -0.384. The third kappa shape index (κ3) is 22.0. The van der Waals surface area contributed by atoms with Gasteiger partial charge in [-0.15, -0.1) is 0 Å². The number of carboxylic acids is 2. The molecule has 4 atom stereocenters. The van der Waals surface area contributed by atoms with Gasteiger partial charge >= 0.3 is 53.4 Å². The van der Waals surface area contributed by atoms with Gasteiger partial charge in [-0.05, 0) is 24.7 Å². The van der Waals surface area contributed by atoms with Gasteiger partial charge in [0.15, 0.2) is 10.5 Å². The van der Waals surface area contributed by atoms with E-state index in [2.05, 4.69) is 13.8 Å². The molecule has 0 aliphatic carbocycles. The second-order valence-electron chi connectivity index (χ2n) is 9.27. The minimum absolute atomic E-state index is 0. The summed E-state index contributed by atoms with van der Waals surface area (Å²) in [6.07, 6.45) is 5.42. The maximum atomic E-state index is 12.1. The van der Waals surface area contributed by atoms with Crippen LogP contribution < -0.4 is 29.6 Å². The Hall–Kier alpha value is -1.30. The summed E-state index contributed by atoms with van der Waals surface area (Å²) < 4.78 is 73.2. The number of unbranched alkanes of at least 4 members (excludes halogenated alkanes) is 2. The van der Waals surface area contributed by atoms with Crippen molar-refractivity contribution in [3.63, 3.8) is 0 Å². The molecule has 0 spiro atoms. The van der Waals surface area contributed by atoms with Crippen molar-refractivity contribution in [2.75, 3.05) is 13.2 Å². The number of rotatable bonds is 20. The zero-order chi connectivity index (χ0) is 31.5. The fourth-order valence-corrected chi connectivity index (χ4v) is 4.54. The van der Waals surface area contributed by atoms with Crippen molar-refractivity contribution in [3.8, 4) is 0 Å². The van der Waals surface area contributed by atoms with E-state index in [1.54, 1.807) is 0 Å². The van der Waals surface area contributed by atoms with Crippen LogP contribution in [0.4, 0.5) is 0 Å². The molecule has 0 rings (SSSR count). The number of ether oxygens (including phenoxy) is 2. The third-order valence-corrected chi connectivity index (χ3v) is 8.13. The molecule has 236 valence electrons. The number of aliphatic carboxylic acids is 2. The Balaban J connectivity index is -0.000000933. The van der Waals surface area contributed by atoms with Gasteiger partial charge in [-0.3, -0.25) is 23.7 Å². The first-order valence-electron chi connectivity index (χ1n) is 13.1. The van der Waals surface area contributed by atoms with E-state index < -0.39 is 67.5 Å². The zero-order valence-corrected chi connectivity index (χ0v) is 28.1. The fraction of sp³-hybridized carbons (Fsp3) is 0.833. The summed E-state index contributed by atoms with van der Waals surface area (Å²) in [4.78, 5) is 44.1. The van der Waals surface area contributed by atoms with Crippen LogP contribution in [0.15, 0.2) is 0 Å². The second kappa shape index (κ2) is 23.2. The first-order chi connectivity index (χ1) is 18.4. The molecule has 0 saturated heterocycles. The second-order valence-corrected chi connectivity index (χ2v) is 12.4. The van der Waals surface area contributed by atoms with E-state index in [4.69, 9.17) is 24.2 Å². The molecular formula is C24H43NaO14S2. The van der Waals surface area contributed by atoms with E-state index in [-0.39, 0.29) is 54.6 Å². The van der Waals surface area contributed by atoms with Gasteiger partial charge in [0, 0.05) is 0 Å². The smallest absolute Gasteiger partial charge is 0.747 e. The van der Waals surface area contributed by atoms with E-state index >= 15 is 0 Å². The van der Waals surface area contributed by atoms with Crippen LogP contribution in [-0.4, -0.2) is 83.7 Å². The van der Waals surface area contributed by atoms with Crippen molar-refractivity contribution in [2.45, 2.75) is 102 Å². The molecule has 0 aliphatic rings. The molecule has 17 heteroatoms. The van der Waals surface area contributed by atoms with Crippen molar-refractivity contribution in [1.82, 2.24) is 0 Å². The molecule has 14 nitrogen and oxygen atoms in total. The molecule has 0 heterocycles. The number of carbonyl (C=O) groups is 4. The molecule has 0 bridgehead atoms. The summed E-state index contributed by atoms with van der Waals surface area (Å²) in [5.41, 5.74) is 0. The number of hydrogen-bond donors (Lipinski definition) is 3. The normalized spacial score (nSPS) is 14.2. The summed E-state index contributed by atoms with van der Waals surface area (Å²) in [7, 11) is -9.85. The molecule has 0 amide bonds. The number of carbonyl (C=O) groups excluding carboxylic acids is 2. The van der Waals surface area contributed by atoms with Gasteiger partial charge in [0.05, 0.1) is 26.1 Å². The van der Waals surface area contributed by atoms with Crippen LogP contribution >= 0.6 is 0 Å². The van der Waals surface area contributed by atoms with E-state index in [1.165, 1.54) is 0 Å². The van der Waals surface area contributed by atoms with Crippen molar-refractivity contribution < 1.29 is 94.4 Å². The van der Waals surface area contributed by atoms with Crippen molar-refractivity contribution >= 4 is 44.1 Å². The summed E-state index contributed by atoms with van der Waals surface area (Å²) in [5.74, 6) is -5.24. The molecule has 0 aromatic heterocycles. The summed E-state index contributed by atoms with van der Waals surface area (Å²) >= 11 is 0. The minimum Gasteiger partial charge on any atom is -0.747 e. The van der Waals surface area contributed by atoms with Gasteiger partial charge in [-0.1, -0.05) is 66.2 Å². The Bertz CT molecular complexity index is 998. The first-order valence-corrected chi connectivity index (χ1v) is 16.1. The van der Waals surface area contributed by atoms with Crippen LogP contribution in [0.2, 0.25) is 0 Å². The SMILES string of the molecule is CCCCC(CC)COC(=O)CC(C(=O)OCC(CC)CCCC)S(=O)(=O)[O-].O=C(O)CC(C(=O)O)S(=O)(=O)O.[Na+]. The largest absolute Gasteiger partial charge is 1.00 e. The maximum Gasteiger partial charge on any atom is 1.00 e. The van der Waals surface area contributed by atoms with Crippen molar-refractivity contribution in [3.05, 3.63) is 0 Å². The van der Waals surface area contributed by atoms with Crippen molar-refractivity contribution in [2.24, 2.45) is 11.8 Å². The van der Waals surface area contributed by atoms with Gasteiger partial charge in [-0.2, -0.15) is 8.42 Å². The van der Waals surface area contributed by atoms with Crippen LogP contribution in [0.1, 0.15) is 91.9 Å². The van der Waals surface area contributed by atoms with Crippen molar-refractivity contribution in [1.29, 1.82) is 0 Å². The quantitative estimate of drug-likeness (QED) is 0.0871. The van der Waals surface area contributed by atoms with E-state index in [9.17, 15) is 40.6 Å². The van der Waals surface area contributed by atoms with Gasteiger partial charge < -0.3 is 24.2 Å². The number of carboxylic acid groups (broad SMARTS) is 2. The Morgan fingerprint density at radius 3 is 1.49 bits per heavy atom. The number of esters is 2. The molecule has 0 aromatic rings. The van der Waals surface area contributed by atoms with Gasteiger partial charge in [-0.25, -0.2) is 8.42 Å². The fourth-order valence-electron chi connectivity index (χ4n) is 3.29. The van der Waals surface area contributed by atoms with Gasteiger partial charge in [0.25, 0.3) is 10.1 Å². The molecule has 0 fully saturated rings. The standard InChI is InChI=1S/C20H38O7S.C4H6O7S.Na/c1-5-9-11-16(7-3)14-26-19(21)13-18(28(23,24)25)20(22)27-15-17(8-4)12-10-6-2;5-3(6)1-2(4(7)8)12(9,10)11;/h16-18H,5-15H2,1-4H3,(H,23,24,25);2H,1H2,(H,5,6)(H,7,8)(H,9,10,11);/q;;+1/p-1. The van der Waals surface area contributed by atoms with Crippen LogP contribution in [0.25, 0.3) is 0 Å². The molecule has 4 unspecified atom stereocenters. The average Bonchev–Trinajstić information content (AvgIpc) is 2.84. The minimum atomic E-state index is -5.01. The molecule has 0 aromatic carbocycles. The Labute approximate surface area is 264 Å². The summed E-state index contributed by atoms with van der Waals surface area (Å²) in [5, 5.41) is 11.9. The molecule has 3 N–H and O–H groups in total. The topological polar surface area (TPSA) is 239 Å². The van der Waals surface area contributed by atoms with E-state index in [1.807, 2.05) is 13.8 Å². The zero-order valence-electron chi connectivity index (χ0n) is 24.4. The number of hydrogen-bond acceptors (Lipinski definition) is 11. The van der Waals surface area contributed by atoms with Crippen LogP contribution in [-0.2, 0) is 48.9 Å². The molecule has 41 heavy (non-hydrogen) atoms. The molecular weight excluding hydrogens is 599 g/mol. The Morgan fingerprint density at radius 1 is 0.756 bits per heavy atom. The summed E-state index contributed by atoms with van der Waals surface area (Å²) in [6, 6.07) is 0. The summed E-state index contributed by atoms with van der Waals surface area (Å²) in [6.45, 7) is 8.26. The maximum absolute atomic E-state index is 12.1. The molecule has 0 radical (unpaired) electrons.